The van der Waals surface area contributed by atoms with Crippen molar-refractivity contribution >= 4 is 81.8 Å². The highest BCUT2D eigenvalue weighted by molar-refractivity contribution is 7.19. The quantitative estimate of drug-likeness (QED) is 0.172. The van der Waals surface area contributed by atoms with Crippen LogP contribution >= 0.6 is 11.3 Å². The van der Waals surface area contributed by atoms with Gasteiger partial charge in [-0.15, -0.1) is 11.3 Å². The summed E-state index contributed by atoms with van der Waals surface area (Å²) < 4.78 is 7.97. The van der Waals surface area contributed by atoms with Gasteiger partial charge in [0.05, 0.1) is 0 Å². The molecule has 0 bridgehead atoms. The molecule has 236 valence electrons. The van der Waals surface area contributed by atoms with Crippen LogP contribution in [0.2, 0.25) is 0 Å². The fraction of sp³-hybridized carbons (Fsp3) is 0.0417. The number of rotatable bonds is 4. The minimum absolute atomic E-state index is 0.913. The zero-order valence-electron chi connectivity index (χ0n) is 27.8. The highest BCUT2D eigenvalue weighted by Gasteiger charge is 2.19. The van der Waals surface area contributed by atoms with Gasteiger partial charge in [-0.3, -0.25) is 0 Å². The van der Waals surface area contributed by atoms with Crippen LogP contribution in [0.25, 0.3) is 104 Å². The SMILES string of the molecule is C/C=C\c1c(C)sc2cc3c(ccc4oc5cc(-c6c7ccccc7c(-c7ccc(-c8ccccc8)cc7)c7ccccc67)ccc5c43)cc12. The van der Waals surface area contributed by atoms with Gasteiger partial charge in [-0.25, -0.2) is 0 Å². The third kappa shape index (κ3) is 4.39. The van der Waals surface area contributed by atoms with E-state index in [1.165, 1.54) is 86.0 Å². The van der Waals surface area contributed by atoms with Gasteiger partial charge in [0.2, 0.25) is 0 Å². The van der Waals surface area contributed by atoms with E-state index in [2.05, 4.69) is 172 Å². The first-order valence-corrected chi connectivity index (χ1v) is 18.0. The molecular formula is C48H32OS. The molecule has 1 nitrogen and oxygen atoms in total. The van der Waals surface area contributed by atoms with E-state index in [4.69, 9.17) is 4.42 Å². The lowest BCUT2D eigenvalue weighted by Gasteiger charge is -2.18. The predicted octanol–water partition coefficient (Wildman–Crippen LogP) is 14.6. The number of fused-ring (bicyclic) bond motifs is 8. The average Bonchev–Trinajstić information content (AvgIpc) is 3.69. The fourth-order valence-electron chi connectivity index (χ4n) is 8.07. The molecule has 0 atom stereocenters. The van der Waals surface area contributed by atoms with Gasteiger partial charge < -0.3 is 4.42 Å². The van der Waals surface area contributed by atoms with Crippen molar-refractivity contribution in [2.75, 3.05) is 0 Å². The molecule has 0 fully saturated rings. The summed E-state index contributed by atoms with van der Waals surface area (Å²) in [5, 5.41) is 11.1. The van der Waals surface area contributed by atoms with Crippen LogP contribution in [-0.4, -0.2) is 0 Å². The van der Waals surface area contributed by atoms with Crippen molar-refractivity contribution in [3.63, 3.8) is 0 Å². The molecule has 0 saturated carbocycles. The lowest BCUT2D eigenvalue weighted by atomic mass is 9.85. The summed E-state index contributed by atoms with van der Waals surface area (Å²) in [6.45, 7) is 4.31. The van der Waals surface area contributed by atoms with Gasteiger partial charge >= 0.3 is 0 Å². The minimum atomic E-state index is 0.913. The van der Waals surface area contributed by atoms with Gasteiger partial charge in [-0.2, -0.15) is 0 Å². The van der Waals surface area contributed by atoms with E-state index in [0.29, 0.717) is 0 Å². The third-order valence-electron chi connectivity index (χ3n) is 10.3. The van der Waals surface area contributed by atoms with Gasteiger partial charge in [0, 0.05) is 25.7 Å². The lowest BCUT2D eigenvalue weighted by molar-refractivity contribution is 0.669. The van der Waals surface area contributed by atoms with E-state index >= 15 is 0 Å². The zero-order valence-corrected chi connectivity index (χ0v) is 28.6. The van der Waals surface area contributed by atoms with Crippen molar-refractivity contribution in [2.45, 2.75) is 13.8 Å². The number of allylic oxidation sites excluding steroid dienone is 1. The molecule has 2 heterocycles. The minimum Gasteiger partial charge on any atom is -0.456 e. The lowest BCUT2D eigenvalue weighted by Crippen LogP contribution is -1.91. The van der Waals surface area contributed by atoms with Crippen molar-refractivity contribution in [1.82, 2.24) is 0 Å². The molecule has 2 heteroatoms. The van der Waals surface area contributed by atoms with Crippen molar-refractivity contribution in [3.8, 4) is 33.4 Å². The van der Waals surface area contributed by atoms with E-state index in [9.17, 15) is 0 Å². The van der Waals surface area contributed by atoms with Gasteiger partial charge in [-0.05, 0) is 115 Å². The maximum Gasteiger partial charge on any atom is 0.136 e. The average molecular weight is 657 g/mol. The number of hydrogen-bond acceptors (Lipinski definition) is 2. The molecule has 0 unspecified atom stereocenters. The first kappa shape index (κ1) is 29.0. The first-order valence-electron chi connectivity index (χ1n) is 17.2. The van der Waals surface area contributed by atoms with Crippen LogP contribution in [0.1, 0.15) is 17.4 Å². The molecule has 0 aliphatic rings. The highest BCUT2D eigenvalue weighted by atomic mass is 32.1. The van der Waals surface area contributed by atoms with Crippen LogP contribution in [-0.2, 0) is 0 Å². The largest absolute Gasteiger partial charge is 0.456 e. The second kappa shape index (κ2) is 11.3. The Kier molecular flexibility index (Phi) is 6.55. The normalized spacial score (nSPS) is 12.1. The number of furan rings is 1. The van der Waals surface area contributed by atoms with Crippen LogP contribution in [0, 0.1) is 6.92 Å². The molecule has 2 aromatic heterocycles. The van der Waals surface area contributed by atoms with Crippen LogP contribution in [0.15, 0.2) is 156 Å². The Balaban J connectivity index is 1.18. The smallest absolute Gasteiger partial charge is 0.136 e. The van der Waals surface area contributed by atoms with Crippen molar-refractivity contribution < 1.29 is 4.42 Å². The van der Waals surface area contributed by atoms with Crippen LogP contribution < -0.4 is 0 Å². The molecule has 0 spiro atoms. The van der Waals surface area contributed by atoms with E-state index in [0.717, 1.165) is 22.1 Å². The monoisotopic (exact) mass is 656 g/mol. The van der Waals surface area contributed by atoms with Crippen molar-refractivity contribution in [1.29, 1.82) is 0 Å². The van der Waals surface area contributed by atoms with Crippen molar-refractivity contribution in [2.24, 2.45) is 0 Å². The third-order valence-corrected chi connectivity index (χ3v) is 11.4. The Labute approximate surface area is 294 Å². The highest BCUT2D eigenvalue weighted by Crippen LogP contribution is 2.46. The Morgan fingerprint density at radius 3 is 1.76 bits per heavy atom. The molecular weight excluding hydrogens is 625 g/mol. The topological polar surface area (TPSA) is 13.1 Å². The standard InChI is InChI=1S/C48H32OS/c1-3-11-35-29(2)50-45-28-41-33(26-42(35)45)23-25-43-48(41)40-24-22-34(27-44(40)49-43)47-38-16-9-7-14-36(38)46(37-15-8-10-17-39(37)47)32-20-18-31(19-21-32)30-12-5-4-6-13-30/h3-28H,1-2H3/b11-3-. The summed E-state index contributed by atoms with van der Waals surface area (Å²) in [5.74, 6) is 0. The van der Waals surface area contributed by atoms with Crippen LogP contribution in [0.5, 0.6) is 0 Å². The van der Waals surface area contributed by atoms with Gasteiger partial charge in [0.1, 0.15) is 11.2 Å². The zero-order chi connectivity index (χ0) is 33.3. The molecule has 0 N–H and O–H groups in total. The molecule has 0 saturated heterocycles. The number of hydrogen-bond donors (Lipinski definition) is 0. The summed E-state index contributed by atoms with van der Waals surface area (Å²) >= 11 is 1.87. The molecule has 10 rings (SSSR count). The second-order valence-corrected chi connectivity index (χ2v) is 14.4. The second-order valence-electron chi connectivity index (χ2n) is 13.2. The Hall–Kier alpha value is -5.96. The number of benzene rings is 8. The molecule has 0 amide bonds. The van der Waals surface area contributed by atoms with E-state index in [1.807, 2.05) is 11.3 Å². The maximum absolute atomic E-state index is 6.66. The van der Waals surface area contributed by atoms with Crippen LogP contribution in [0.4, 0.5) is 0 Å². The van der Waals surface area contributed by atoms with Gasteiger partial charge in [-0.1, -0.05) is 127 Å². The molecule has 0 aliphatic heterocycles. The van der Waals surface area contributed by atoms with E-state index in [-0.39, 0.29) is 0 Å². The summed E-state index contributed by atoms with van der Waals surface area (Å²) in [5.41, 5.74) is 10.5. The van der Waals surface area contributed by atoms with E-state index < -0.39 is 0 Å². The molecule has 0 radical (unpaired) electrons. The molecule has 0 aliphatic carbocycles. The molecule has 50 heavy (non-hydrogen) atoms. The molecule has 10 aromatic rings. The van der Waals surface area contributed by atoms with Crippen molar-refractivity contribution in [3.05, 3.63) is 162 Å². The number of aryl methyl sites for hydroxylation is 1. The van der Waals surface area contributed by atoms with Gasteiger partial charge in [0.25, 0.3) is 0 Å². The fourth-order valence-corrected chi connectivity index (χ4v) is 9.14. The Morgan fingerprint density at radius 1 is 0.480 bits per heavy atom. The summed E-state index contributed by atoms with van der Waals surface area (Å²) in [6, 6.07) is 53.2. The predicted molar refractivity (Wildman–Crippen MR) is 217 cm³/mol. The first-order chi connectivity index (χ1) is 24.7. The summed E-state index contributed by atoms with van der Waals surface area (Å²) in [7, 11) is 0. The Bertz CT molecular complexity index is 2920. The summed E-state index contributed by atoms with van der Waals surface area (Å²) in [4.78, 5) is 1.35. The summed E-state index contributed by atoms with van der Waals surface area (Å²) in [6.07, 6.45) is 4.36. The van der Waals surface area contributed by atoms with E-state index in [1.54, 1.807) is 0 Å². The van der Waals surface area contributed by atoms with Crippen LogP contribution in [0.3, 0.4) is 0 Å². The van der Waals surface area contributed by atoms with Gasteiger partial charge in [0.15, 0.2) is 0 Å². The molecule has 8 aromatic carbocycles. The number of thiophene rings is 1. The Morgan fingerprint density at radius 2 is 1.08 bits per heavy atom. The maximum atomic E-state index is 6.66.